The number of hydrogen-bond acceptors (Lipinski definition) is 2. The molecule has 0 saturated carbocycles. The van der Waals surface area contributed by atoms with Crippen molar-refractivity contribution in [2.24, 2.45) is 0 Å². The Bertz CT molecular complexity index is 194. The predicted molar refractivity (Wildman–Crippen MR) is 53.5 cm³/mol. The molecule has 0 aromatic heterocycles. The molecule has 0 aliphatic carbocycles. The van der Waals surface area contributed by atoms with Crippen molar-refractivity contribution in [1.82, 2.24) is 0 Å². The zero-order valence-electron chi connectivity index (χ0n) is 8.78. The number of allylic oxidation sites excluding steroid dienone is 2. The van der Waals surface area contributed by atoms with Gasteiger partial charge < -0.3 is 9.47 Å². The summed E-state index contributed by atoms with van der Waals surface area (Å²) < 4.78 is 11.4. The van der Waals surface area contributed by atoms with Gasteiger partial charge in [-0.3, -0.25) is 0 Å². The van der Waals surface area contributed by atoms with E-state index in [1.165, 1.54) is 0 Å². The van der Waals surface area contributed by atoms with Crippen LogP contribution in [-0.4, -0.2) is 18.0 Å². The second-order valence-corrected chi connectivity index (χ2v) is 3.62. The molecular formula is C11H18O2. The molecule has 0 amide bonds. The maximum absolute atomic E-state index is 5.69. The summed E-state index contributed by atoms with van der Waals surface area (Å²) in [4.78, 5) is 0. The van der Waals surface area contributed by atoms with E-state index in [4.69, 9.17) is 9.47 Å². The van der Waals surface area contributed by atoms with E-state index >= 15 is 0 Å². The Labute approximate surface area is 80.2 Å². The Balaban J connectivity index is 2.71. The molecule has 0 spiro atoms. The zero-order valence-corrected chi connectivity index (χ0v) is 8.78. The van der Waals surface area contributed by atoms with Crippen LogP contribution in [0.3, 0.4) is 0 Å². The van der Waals surface area contributed by atoms with Crippen LogP contribution in [-0.2, 0) is 9.47 Å². The molecular weight excluding hydrogens is 164 g/mol. The van der Waals surface area contributed by atoms with Gasteiger partial charge in [-0.2, -0.15) is 0 Å². The van der Waals surface area contributed by atoms with Crippen molar-refractivity contribution >= 4 is 0 Å². The van der Waals surface area contributed by atoms with Gasteiger partial charge in [0.05, 0.1) is 0 Å². The quantitative estimate of drug-likeness (QED) is 0.611. The van der Waals surface area contributed by atoms with Crippen molar-refractivity contribution in [3.8, 4) is 0 Å². The van der Waals surface area contributed by atoms with Crippen molar-refractivity contribution in [2.45, 2.75) is 45.7 Å². The Morgan fingerprint density at radius 3 is 1.62 bits per heavy atom. The third-order valence-electron chi connectivity index (χ3n) is 1.93. The Kier molecular flexibility index (Phi) is 3.28. The Morgan fingerprint density at radius 2 is 1.31 bits per heavy atom. The molecule has 74 valence electrons. The molecule has 1 rings (SSSR count). The standard InChI is InChI=1S/C11H18O2/c1-5-7-9-10(8-6-2)13-11(3,4)12-9/h5-10H,1-4H3/b7-5-,8-6-. The summed E-state index contributed by atoms with van der Waals surface area (Å²) in [7, 11) is 0. The van der Waals surface area contributed by atoms with E-state index in [9.17, 15) is 0 Å². The summed E-state index contributed by atoms with van der Waals surface area (Å²) in [6, 6.07) is 0. The first-order valence-electron chi connectivity index (χ1n) is 4.70. The molecule has 0 aromatic carbocycles. The lowest BCUT2D eigenvalue weighted by atomic mass is 10.2. The van der Waals surface area contributed by atoms with Gasteiger partial charge in [-0.15, -0.1) is 0 Å². The third-order valence-corrected chi connectivity index (χ3v) is 1.93. The van der Waals surface area contributed by atoms with Crippen LogP contribution in [0.25, 0.3) is 0 Å². The lowest BCUT2D eigenvalue weighted by Gasteiger charge is -2.15. The maximum Gasteiger partial charge on any atom is 0.164 e. The largest absolute Gasteiger partial charge is 0.340 e. The van der Waals surface area contributed by atoms with Gasteiger partial charge in [0.1, 0.15) is 12.2 Å². The molecule has 0 aromatic rings. The fraction of sp³-hybridized carbons (Fsp3) is 0.636. The summed E-state index contributed by atoms with van der Waals surface area (Å²) in [5.74, 6) is -0.464. The highest BCUT2D eigenvalue weighted by molar-refractivity contribution is 5.04. The van der Waals surface area contributed by atoms with Gasteiger partial charge >= 0.3 is 0 Å². The minimum Gasteiger partial charge on any atom is -0.340 e. The van der Waals surface area contributed by atoms with Crippen LogP contribution >= 0.6 is 0 Å². The van der Waals surface area contributed by atoms with Crippen molar-refractivity contribution in [1.29, 1.82) is 0 Å². The molecule has 1 aliphatic rings. The Morgan fingerprint density at radius 1 is 0.923 bits per heavy atom. The molecule has 1 heterocycles. The van der Waals surface area contributed by atoms with Crippen LogP contribution in [0.2, 0.25) is 0 Å². The summed E-state index contributed by atoms with van der Waals surface area (Å²) in [6.07, 6.45) is 8.14. The van der Waals surface area contributed by atoms with Crippen molar-refractivity contribution in [2.75, 3.05) is 0 Å². The van der Waals surface area contributed by atoms with Gasteiger partial charge in [-0.25, -0.2) is 0 Å². The topological polar surface area (TPSA) is 18.5 Å². The van der Waals surface area contributed by atoms with Crippen LogP contribution < -0.4 is 0 Å². The van der Waals surface area contributed by atoms with E-state index in [1.54, 1.807) is 0 Å². The van der Waals surface area contributed by atoms with Crippen LogP contribution in [0.1, 0.15) is 27.7 Å². The van der Waals surface area contributed by atoms with Crippen molar-refractivity contribution in [3.63, 3.8) is 0 Å². The Hall–Kier alpha value is -0.600. The summed E-state index contributed by atoms with van der Waals surface area (Å²) in [5, 5.41) is 0. The SMILES string of the molecule is C/C=C\C1OC(C)(C)OC1/C=C\C. The van der Waals surface area contributed by atoms with Gasteiger partial charge in [-0.05, 0) is 27.7 Å². The number of rotatable bonds is 2. The first-order chi connectivity index (χ1) is 6.09. The fourth-order valence-electron chi connectivity index (χ4n) is 1.49. The molecule has 0 N–H and O–H groups in total. The lowest BCUT2D eigenvalue weighted by Crippen LogP contribution is -2.20. The van der Waals surface area contributed by atoms with Crippen LogP contribution in [0.15, 0.2) is 24.3 Å². The smallest absolute Gasteiger partial charge is 0.164 e. The van der Waals surface area contributed by atoms with E-state index in [0.717, 1.165) is 0 Å². The van der Waals surface area contributed by atoms with Crippen molar-refractivity contribution in [3.05, 3.63) is 24.3 Å². The molecule has 2 nitrogen and oxygen atoms in total. The summed E-state index contributed by atoms with van der Waals surface area (Å²) in [6.45, 7) is 7.85. The predicted octanol–water partition coefficient (Wildman–Crippen LogP) is 2.66. The number of hydrogen-bond donors (Lipinski definition) is 0. The highest BCUT2D eigenvalue weighted by Crippen LogP contribution is 2.29. The van der Waals surface area contributed by atoms with E-state index in [-0.39, 0.29) is 12.2 Å². The van der Waals surface area contributed by atoms with Crippen LogP contribution in [0.4, 0.5) is 0 Å². The second kappa shape index (κ2) is 4.07. The highest BCUT2D eigenvalue weighted by atomic mass is 16.7. The van der Waals surface area contributed by atoms with Gasteiger partial charge in [0.25, 0.3) is 0 Å². The molecule has 13 heavy (non-hydrogen) atoms. The third kappa shape index (κ3) is 2.68. The van der Waals surface area contributed by atoms with Gasteiger partial charge in [0, 0.05) is 0 Å². The lowest BCUT2D eigenvalue weighted by molar-refractivity contribution is -0.139. The minimum atomic E-state index is -0.464. The monoisotopic (exact) mass is 182 g/mol. The molecule has 1 fully saturated rings. The number of ether oxygens (including phenoxy) is 2. The van der Waals surface area contributed by atoms with Crippen LogP contribution in [0.5, 0.6) is 0 Å². The van der Waals surface area contributed by atoms with E-state index < -0.39 is 5.79 Å². The first-order valence-corrected chi connectivity index (χ1v) is 4.70. The minimum absolute atomic E-state index is 0.0520. The maximum atomic E-state index is 5.69. The van der Waals surface area contributed by atoms with Gasteiger partial charge in [0.2, 0.25) is 0 Å². The summed E-state index contributed by atoms with van der Waals surface area (Å²) in [5.41, 5.74) is 0. The molecule has 1 saturated heterocycles. The average Bonchev–Trinajstić information content (AvgIpc) is 2.28. The molecule has 2 atom stereocenters. The second-order valence-electron chi connectivity index (χ2n) is 3.62. The normalized spacial score (nSPS) is 33.5. The van der Waals surface area contributed by atoms with Gasteiger partial charge in [0.15, 0.2) is 5.79 Å². The van der Waals surface area contributed by atoms with Crippen LogP contribution in [0, 0.1) is 0 Å². The van der Waals surface area contributed by atoms with Gasteiger partial charge in [-0.1, -0.05) is 24.3 Å². The zero-order chi connectivity index (χ0) is 9.90. The van der Waals surface area contributed by atoms with E-state index in [2.05, 4.69) is 0 Å². The highest BCUT2D eigenvalue weighted by Gasteiger charge is 2.38. The molecule has 2 unspecified atom stereocenters. The summed E-state index contributed by atoms with van der Waals surface area (Å²) >= 11 is 0. The average molecular weight is 182 g/mol. The molecule has 2 heteroatoms. The van der Waals surface area contributed by atoms with E-state index in [1.807, 2.05) is 52.0 Å². The van der Waals surface area contributed by atoms with E-state index in [0.29, 0.717) is 0 Å². The first kappa shape index (κ1) is 10.5. The molecule has 0 bridgehead atoms. The molecule has 0 radical (unpaired) electrons. The fourth-order valence-corrected chi connectivity index (χ4v) is 1.49. The van der Waals surface area contributed by atoms with Crippen molar-refractivity contribution < 1.29 is 9.47 Å². The molecule has 1 aliphatic heterocycles.